The molecule has 0 saturated heterocycles. The maximum absolute atomic E-state index is 12.2. The van der Waals surface area contributed by atoms with Crippen molar-refractivity contribution in [2.75, 3.05) is 12.8 Å². The Labute approximate surface area is 106 Å². The van der Waals surface area contributed by atoms with Gasteiger partial charge < -0.3 is 4.57 Å². The van der Waals surface area contributed by atoms with Gasteiger partial charge in [-0.05, 0) is 17.9 Å². The van der Waals surface area contributed by atoms with Crippen molar-refractivity contribution in [3.05, 3.63) is 23.0 Å². The summed E-state index contributed by atoms with van der Waals surface area (Å²) in [6.45, 7) is 6.50. The normalized spacial score (nSPS) is 21.6. The zero-order chi connectivity index (χ0) is 12.2. The van der Waals surface area contributed by atoms with Crippen molar-refractivity contribution < 1.29 is 4.79 Å². The smallest absolute Gasteiger partial charge is 0.265 e. The molecule has 0 aromatic carbocycles. The van der Waals surface area contributed by atoms with E-state index >= 15 is 0 Å². The van der Waals surface area contributed by atoms with E-state index in [4.69, 9.17) is 0 Å². The van der Waals surface area contributed by atoms with Crippen LogP contribution >= 0.6 is 11.9 Å². The molecule has 2 aliphatic heterocycles. The van der Waals surface area contributed by atoms with Crippen LogP contribution in [0.15, 0.2) is 6.07 Å². The monoisotopic (exact) mass is 250 g/mol. The lowest BCUT2D eigenvalue weighted by molar-refractivity contribution is 0.0859. The molecule has 0 fully saturated rings. The van der Waals surface area contributed by atoms with Crippen LogP contribution in [0.4, 0.5) is 0 Å². The lowest BCUT2D eigenvalue weighted by atomic mass is 9.90. The summed E-state index contributed by atoms with van der Waals surface area (Å²) < 4.78 is 4.24. The second-order valence-corrected chi connectivity index (χ2v) is 6.57. The molecule has 2 aliphatic rings. The van der Waals surface area contributed by atoms with E-state index < -0.39 is 0 Å². The molecule has 0 saturated carbocycles. The van der Waals surface area contributed by atoms with Gasteiger partial charge in [0, 0.05) is 37.2 Å². The van der Waals surface area contributed by atoms with Crippen LogP contribution in [0.3, 0.4) is 0 Å². The van der Waals surface area contributed by atoms with Crippen LogP contribution in [0.25, 0.3) is 0 Å². The predicted octanol–water partition coefficient (Wildman–Crippen LogP) is 2.35. The molecule has 0 bridgehead atoms. The van der Waals surface area contributed by atoms with E-state index in [9.17, 15) is 4.79 Å². The third-order valence-electron chi connectivity index (χ3n) is 3.77. The molecule has 0 radical (unpaired) electrons. The van der Waals surface area contributed by atoms with Crippen LogP contribution in [-0.2, 0) is 19.4 Å². The minimum absolute atomic E-state index is 0.193. The lowest BCUT2D eigenvalue weighted by Gasteiger charge is -2.26. The Hall–Kier alpha value is -0.900. The molecule has 17 heavy (non-hydrogen) atoms. The molecule has 0 unspecified atom stereocenters. The predicted molar refractivity (Wildman–Crippen MR) is 70.2 cm³/mol. The number of nitrogens with zero attached hydrogens (tertiary/aromatic N) is 2. The first kappa shape index (κ1) is 11.2. The van der Waals surface area contributed by atoms with Gasteiger partial charge in [-0.2, -0.15) is 0 Å². The van der Waals surface area contributed by atoms with Gasteiger partial charge in [0.1, 0.15) is 0 Å². The molecule has 3 rings (SSSR count). The Morgan fingerprint density at radius 2 is 2.18 bits per heavy atom. The SMILES string of the molecule is CSN1CCc2c(cc3n2CC(C)(C)C3)C1=O. The number of rotatable bonds is 1. The first-order valence-electron chi connectivity index (χ1n) is 6.09. The topological polar surface area (TPSA) is 25.2 Å². The molecule has 3 heterocycles. The number of carbonyl (C=O) groups excluding carboxylic acids is 1. The summed E-state index contributed by atoms with van der Waals surface area (Å²) in [5.41, 5.74) is 3.90. The van der Waals surface area contributed by atoms with E-state index in [1.54, 1.807) is 0 Å². The van der Waals surface area contributed by atoms with Crippen molar-refractivity contribution in [3.8, 4) is 0 Å². The van der Waals surface area contributed by atoms with E-state index in [0.29, 0.717) is 5.41 Å². The van der Waals surface area contributed by atoms with Crippen LogP contribution in [0.2, 0.25) is 0 Å². The minimum Gasteiger partial charge on any atom is -0.347 e. The number of hydrogen-bond donors (Lipinski definition) is 0. The number of amides is 1. The molecule has 0 spiro atoms. The van der Waals surface area contributed by atoms with Crippen molar-refractivity contribution in [1.82, 2.24) is 8.87 Å². The van der Waals surface area contributed by atoms with Crippen LogP contribution in [0.5, 0.6) is 0 Å². The second kappa shape index (κ2) is 3.55. The summed E-state index contributed by atoms with van der Waals surface area (Å²) in [7, 11) is 0. The average Bonchev–Trinajstić information content (AvgIpc) is 2.72. The van der Waals surface area contributed by atoms with Gasteiger partial charge in [0.05, 0.1) is 5.56 Å². The molecule has 3 nitrogen and oxygen atoms in total. The lowest BCUT2D eigenvalue weighted by Crippen LogP contribution is -2.32. The van der Waals surface area contributed by atoms with Crippen LogP contribution < -0.4 is 0 Å². The summed E-state index contributed by atoms with van der Waals surface area (Å²) >= 11 is 1.53. The maximum atomic E-state index is 12.2. The molecule has 0 aliphatic carbocycles. The molecule has 1 amide bonds. The molecular weight excluding hydrogens is 232 g/mol. The third-order valence-corrected chi connectivity index (χ3v) is 4.56. The standard InChI is InChI=1S/C13H18N2OS/c1-13(2)7-9-6-10-11(14(9)8-13)4-5-15(17-3)12(10)16/h6H,4-5,7-8H2,1-3H3. The van der Waals surface area contributed by atoms with Gasteiger partial charge in [0.15, 0.2) is 0 Å². The van der Waals surface area contributed by atoms with Gasteiger partial charge in [-0.1, -0.05) is 25.8 Å². The van der Waals surface area contributed by atoms with Crippen molar-refractivity contribution in [1.29, 1.82) is 0 Å². The van der Waals surface area contributed by atoms with E-state index in [0.717, 1.165) is 31.5 Å². The fourth-order valence-corrected chi connectivity index (χ4v) is 3.57. The first-order valence-corrected chi connectivity index (χ1v) is 7.27. The number of aromatic nitrogens is 1. The van der Waals surface area contributed by atoms with Crippen molar-refractivity contribution in [3.63, 3.8) is 0 Å². The van der Waals surface area contributed by atoms with Gasteiger partial charge in [-0.3, -0.25) is 9.10 Å². The average molecular weight is 250 g/mol. The highest BCUT2D eigenvalue weighted by molar-refractivity contribution is 7.96. The van der Waals surface area contributed by atoms with Gasteiger partial charge in [-0.15, -0.1) is 0 Å². The van der Waals surface area contributed by atoms with Gasteiger partial charge in [-0.25, -0.2) is 0 Å². The summed E-state index contributed by atoms with van der Waals surface area (Å²) in [6.07, 6.45) is 4.06. The summed E-state index contributed by atoms with van der Waals surface area (Å²) in [4.78, 5) is 12.2. The highest BCUT2D eigenvalue weighted by Gasteiger charge is 2.35. The van der Waals surface area contributed by atoms with E-state index in [1.165, 1.54) is 23.3 Å². The maximum Gasteiger partial charge on any atom is 0.265 e. The Morgan fingerprint density at radius 3 is 2.88 bits per heavy atom. The number of fused-ring (bicyclic) bond motifs is 3. The molecule has 0 atom stereocenters. The van der Waals surface area contributed by atoms with Crippen LogP contribution in [0, 0.1) is 5.41 Å². The van der Waals surface area contributed by atoms with Gasteiger partial charge in [0.2, 0.25) is 0 Å². The number of hydrogen-bond acceptors (Lipinski definition) is 2. The van der Waals surface area contributed by atoms with Crippen molar-refractivity contribution in [2.45, 2.75) is 33.2 Å². The fourth-order valence-electron chi connectivity index (χ4n) is 3.04. The zero-order valence-corrected chi connectivity index (χ0v) is 11.4. The Bertz CT molecular complexity index is 490. The summed E-state index contributed by atoms with van der Waals surface area (Å²) in [5, 5.41) is 0. The van der Waals surface area contributed by atoms with E-state index in [2.05, 4.69) is 24.5 Å². The van der Waals surface area contributed by atoms with E-state index in [-0.39, 0.29) is 5.91 Å². The molecule has 1 aromatic heterocycles. The Morgan fingerprint density at radius 1 is 1.41 bits per heavy atom. The Balaban J connectivity index is 2.02. The largest absolute Gasteiger partial charge is 0.347 e. The van der Waals surface area contributed by atoms with E-state index in [1.807, 2.05) is 10.6 Å². The molecule has 4 heteroatoms. The molecule has 92 valence electrons. The Kier molecular flexibility index (Phi) is 2.34. The van der Waals surface area contributed by atoms with Gasteiger partial charge >= 0.3 is 0 Å². The quantitative estimate of drug-likeness (QED) is 0.715. The van der Waals surface area contributed by atoms with Gasteiger partial charge in [0.25, 0.3) is 5.91 Å². The molecule has 0 N–H and O–H groups in total. The van der Waals surface area contributed by atoms with Crippen LogP contribution in [-0.4, -0.2) is 27.6 Å². The highest BCUT2D eigenvalue weighted by Crippen LogP contribution is 2.37. The fraction of sp³-hybridized carbons (Fsp3) is 0.615. The minimum atomic E-state index is 0.193. The summed E-state index contributed by atoms with van der Waals surface area (Å²) in [5.74, 6) is 0.193. The zero-order valence-electron chi connectivity index (χ0n) is 10.6. The van der Waals surface area contributed by atoms with Crippen LogP contribution in [0.1, 0.15) is 35.6 Å². The number of carbonyl (C=O) groups is 1. The second-order valence-electron chi connectivity index (χ2n) is 5.76. The summed E-state index contributed by atoms with van der Waals surface area (Å²) in [6, 6.07) is 2.12. The molecular formula is C13H18N2OS. The highest BCUT2D eigenvalue weighted by atomic mass is 32.2. The van der Waals surface area contributed by atoms with Crippen molar-refractivity contribution >= 4 is 17.9 Å². The van der Waals surface area contributed by atoms with Crippen molar-refractivity contribution in [2.24, 2.45) is 5.41 Å². The first-order chi connectivity index (χ1) is 8.02. The molecule has 1 aromatic rings. The third kappa shape index (κ3) is 1.61.